The second kappa shape index (κ2) is 4.69. The maximum atomic E-state index is 4.31. The summed E-state index contributed by atoms with van der Waals surface area (Å²) in [7, 11) is 0. The van der Waals surface area contributed by atoms with Crippen molar-refractivity contribution in [2.45, 2.75) is 41.2 Å². The van der Waals surface area contributed by atoms with Crippen molar-refractivity contribution in [1.29, 1.82) is 0 Å². The van der Waals surface area contributed by atoms with Gasteiger partial charge in [-0.1, -0.05) is 34.6 Å². The molecule has 0 bridgehead atoms. The minimum atomic E-state index is 0.306. The van der Waals surface area contributed by atoms with Gasteiger partial charge >= 0.3 is 0 Å². The molecule has 1 aromatic heterocycles. The zero-order chi connectivity index (χ0) is 11.5. The van der Waals surface area contributed by atoms with Crippen LogP contribution in [0.3, 0.4) is 0 Å². The van der Waals surface area contributed by atoms with Gasteiger partial charge in [-0.2, -0.15) is 5.10 Å². The Labute approximate surface area is 92.9 Å². The van der Waals surface area contributed by atoms with Crippen LogP contribution < -0.4 is 5.32 Å². The zero-order valence-corrected chi connectivity index (χ0v) is 10.5. The molecule has 0 aliphatic heterocycles. The van der Waals surface area contributed by atoms with E-state index in [-0.39, 0.29) is 0 Å². The Balaban J connectivity index is 2.46. The lowest BCUT2D eigenvalue weighted by Crippen LogP contribution is -2.18. The Morgan fingerprint density at radius 3 is 2.60 bits per heavy atom. The van der Waals surface area contributed by atoms with E-state index in [9.17, 15) is 0 Å². The van der Waals surface area contributed by atoms with Crippen molar-refractivity contribution in [3.63, 3.8) is 0 Å². The maximum absolute atomic E-state index is 4.31. The molecule has 1 rings (SSSR count). The van der Waals surface area contributed by atoms with Gasteiger partial charge < -0.3 is 5.32 Å². The molecule has 0 fully saturated rings. The highest BCUT2D eigenvalue weighted by Gasteiger charge is 2.10. The second-order valence-corrected chi connectivity index (χ2v) is 5.76. The van der Waals surface area contributed by atoms with E-state index in [1.807, 2.05) is 10.9 Å². The highest BCUT2D eigenvalue weighted by molar-refractivity contribution is 5.38. The second-order valence-electron chi connectivity index (χ2n) is 5.76. The highest BCUT2D eigenvalue weighted by Crippen LogP contribution is 2.15. The summed E-state index contributed by atoms with van der Waals surface area (Å²) in [5.74, 6) is 0.639. The van der Waals surface area contributed by atoms with Crippen molar-refractivity contribution in [3.8, 4) is 0 Å². The van der Waals surface area contributed by atoms with Gasteiger partial charge in [-0.05, 0) is 11.3 Å². The average Bonchev–Trinajstić information content (AvgIpc) is 2.46. The summed E-state index contributed by atoms with van der Waals surface area (Å²) >= 11 is 0. The normalized spacial score (nSPS) is 12.1. The zero-order valence-electron chi connectivity index (χ0n) is 10.5. The van der Waals surface area contributed by atoms with Gasteiger partial charge in [0.25, 0.3) is 0 Å². The van der Waals surface area contributed by atoms with Crippen LogP contribution in [0.4, 0.5) is 5.69 Å². The van der Waals surface area contributed by atoms with Gasteiger partial charge in [0, 0.05) is 19.3 Å². The monoisotopic (exact) mass is 209 g/mol. The molecule has 0 aliphatic rings. The number of anilines is 1. The molecule has 0 saturated carbocycles. The predicted octanol–water partition coefficient (Wildman–Crippen LogP) is 3.00. The standard InChI is InChI=1S/C12H23N3/c1-10(2)7-15-8-11(6-14-15)13-9-12(3,4)5/h6,8,10,13H,7,9H2,1-5H3. The molecule has 86 valence electrons. The van der Waals surface area contributed by atoms with Gasteiger partial charge in [-0.3, -0.25) is 4.68 Å². The summed E-state index contributed by atoms with van der Waals surface area (Å²) in [6, 6.07) is 0. The summed E-state index contributed by atoms with van der Waals surface area (Å²) in [5.41, 5.74) is 1.42. The lowest BCUT2D eigenvalue weighted by molar-refractivity contribution is 0.443. The van der Waals surface area contributed by atoms with Gasteiger partial charge in [0.2, 0.25) is 0 Å². The molecule has 0 saturated heterocycles. The molecule has 0 unspecified atom stereocenters. The van der Waals surface area contributed by atoms with Crippen LogP contribution in [0.15, 0.2) is 12.4 Å². The van der Waals surface area contributed by atoms with E-state index in [1.165, 1.54) is 0 Å². The molecular weight excluding hydrogens is 186 g/mol. The molecule has 1 heterocycles. The molecule has 0 radical (unpaired) electrons. The minimum absolute atomic E-state index is 0.306. The fourth-order valence-electron chi connectivity index (χ4n) is 1.30. The predicted molar refractivity (Wildman–Crippen MR) is 65.0 cm³/mol. The van der Waals surface area contributed by atoms with Crippen LogP contribution in [0.2, 0.25) is 0 Å². The summed E-state index contributed by atoms with van der Waals surface area (Å²) in [6.07, 6.45) is 3.97. The van der Waals surface area contributed by atoms with Crippen LogP contribution in [0.25, 0.3) is 0 Å². The molecule has 0 aromatic carbocycles. The van der Waals surface area contributed by atoms with Crippen molar-refractivity contribution in [2.75, 3.05) is 11.9 Å². The van der Waals surface area contributed by atoms with E-state index < -0.39 is 0 Å². The lowest BCUT2D eigenvalue weighted by Gasteiger charge is -2.18. The molecule has 1 aromatic rings. The van der Waals surface area contributed by atoms with E-state index in [1.54, 1.807) is 0 Å². The molecule has 0 aliphatic carbocycles. The quantitative estimate of drug-likeness (QED) is 0.826. The SMILES string of the molecule is CC(C)Cn1cc(NCC(C)(C)C)cn1. The first-order valence-electron chi connectivity index (χ1n) is 5.63. The number of hydrogen-bond acceptors (Lipinski definition) is 2. The summed E-state index contributed by atoms with van der Waals surface area (Å²) in [4.78, 5) is 0. The Morgan fingerprint density at radius 1 is 1.40 bits per heavy atom. The van der Waals surface area contributed by atoms with E-state index in [2.05, 4.69) is 51.2 Å². The van der Waals surface area contributed by atoms with Crippen molar-refractivity contribution >= 4 is 5.69 Å². The number of nitrogens with zero attached hydrogens (tertiary/aromatic N) is 2. The van der Waals surface area contributed by atoms with Crippen LogP contribution in [-0.4, -0.2) is 16.3 Å². The maximum Gasteiger partial charge on any atom is 0.0726 e. The third-order valence-electron chi connectivity index (χ3n) is 2.01. The van der Waals surface area contributed by atoms with Gasteiger partial charge in [0.15, 0.2) is 0 Å². The first-order valence-corrected chi connectivity index (χ1v) is 5.63. The van der Waals surface area contributed by atoms with Crippen molar-refractivity contribution in [1.82, 2.24) is 9.78 Å². The van der Waals surface area contributed by atoms with Gasteiger partial charge in [-0.25, -0.2) is 0 Å². The first kappa shape index (κ1) is 12.1. The Morgan fingerprint density at radius 2 is 2.07 bits per heavy atom. The van der Waals surface area contributed by atoms with Gasteiger partial charge in [0.05, 0.1) is 11.9 Å². The number of rotatable bonds is 4. The summed E-state index contributed by atoms with van der Waals surface area (Å²) in [6.45, 7) is 13.0. The first-order chi connectivity index (χ1) is 6.87. The number of nitrogens with one attached hydrogen (secondary N) is 1. The van der Waals surface area contributed by atoms with E-state index in [4.69, 9.17) is 0 Å². The fourth-order valence-corrected chi connectivity index (χ4v) is 1.30. The van der Waals surface area contributed by atoms with Crippen LogP contribution in [-0.2, 0) is 6.54 Å². The van der Waals surface area contributed by atoms with Crippen molar-refractivity contribution in [2.24, 2.45) is 11.3 Å². The average molecular weight is 209 g/mol. The lowest BCUT2D eigenvalue weighted by atomic mass is 9.97. The molecule has 0 spiro atoms. The summed E-state index contributed by atoms with van der Waals surface area (Å²) < 4.78 is 2.00. The van der Waals surface area contributed by atoms with Gasteiger partial charge in [0.1, 0.15) is 0 Å². The number of aromatic nitrogens is 2. The molecule has 15 heavy (non-hydrogen) atoms. The van der Waals surface area contributed by atoms with E-state index in [0.29, 0.717) is 11.3 Å². The van der Waals surface area contributed by atoms with Crippen LogP contribution >= 0.6 is 0 Å². The minimum Gasteiger partial charge on any atom is -0.382 e. The molecule has 0 amide bonds. The Kier molecular flexibility index (Phi) is 3.77. The number of hydrogen-bond donors (Lipinski definition) is 1. The van der Waals surface area contributed by atoms with Gasteiger partial charge in [-0.15, -0.1) is 0 Å². The largest absolute Gasteiger partial charge is 0.382 e. The molecule has 1 N–H and O–H groups in total. The van der Waals surface area contributed by atoms with E-state index in [0.717, 1.165) is 18.8 Å². The van der Waals surface area contributed by atoms with E-state index >= 15 is 0 Å². The van der Waals surface area contributed by atoms with Crippen LogP contribution in [0.1, 0.15) is 34.6 Å². The third kappa shape index (κ3) is 4.86. The smallest absolute Gasteiger partial charge is 0.0726 e. The molecular formula is C12H23N3. The Bertz CT molecular complexity index is 294. The topological polar surface area (TPSA) is 29.9 Å². The Hall–Kier alpha value is -0.990. The highest BCUT2D eigenvalue weighted by atomic mass is 15.3. The fraction of sp³-hybridized carbons (Fsp3) is 0.750. The summed E-state index contributed by atoms with van der Waals surface area (Å²) in [5, 5.41) is 7.71. The van der Waals surface area contributed by atoms with Crippen molar-refractivity contribution < 1.29 is 0 Å². The molecule has 3 heteroatoms. The van der Waals surface area contributed by atoms with Crippen LogP contribution in [0, 0.1) is 11.3 Å². The third-order valence-corrected chi connectivity index (χ3v) is 2.01. The van der Waals surface area contributed by atoms with Crippen molar-refractivity contribution in [3.05, 3.63) is 12.4 Å². The molecule has 3 nitrogen and oxygen atoms in total. The van der Waals surface area contributed by atoms with Crippen LogP contribution in [0.5, 0.6) is 0 Å². The molecule has 0 atom stereocenters.